The number of carbonyl (C=O) groups is 1. The Morgan fingerprint density at radius 3 is 2.72 bits per heavy atom. The lowest BCUT2D eigenvalue weighted by molar-refractivity contribution is 0.0744. The summed E-state index contributed by atoms with van der Waals surface area (Å²) in [5.41, 5.74) is 4.34. The zero-order valence-electron chi connectivity index (χ0n) is 17.3. The summed E-state index contributed by atoms with van der Waals surface area (Å²) in [5, 5.41) is 8.25. The van der Waals surface area contributed by atoms with Crippen LogP contribution in [0.3, 0.4) is 0 Å². The number of pyridine rings is 2. The second-order valence-electron chi connectivity index (χ2n) is 7.43. The minimum Gasteiger partial charge on any atom is -0.471 e. The lowest BCUT2D eigenvalue weighted by Gasteiger charge is -2.14. The Morgan fingerprint density at radius 1 is 1.09 bits per heavy atom. The van der Waals surface area contributed by atoms with Crippen LogP contribution in [0.15, 0.2) is 60.8 Å². The van der Waals surface area contributed by atoms with Crippen LogP contribution >= 0.6 is 0 Å². The molecule has 0 atom stereocenters. The van der Waals surface area contributed by atoms with Crippen molar-refractivity contribution in [2.75, 3.05) is 0 Å². The average Bonchev–Trinajstić information content (AvgIpc) is 3.41. The van der Waals surface area contributed by atoms with Crippen molar-refractivity contribution < 1.29 is 13.9 Å². The minimum atomic E-state index is -0.318. The van der Waals surface area contributed by atoms with Crippen LogP contribution in [-0.4, -0.2) is 35.8 Å². The number of halogens is 1. The van der Waals surface area contributed by atoms with Crippen LogP contribution in [0.2, 0.25) is 0 Å². The predicted molar refractivity (Wildman–Crippen MR) is 112 cm³/mol. The monoisotopic (exact) mass is 430 g/mol. The van der Waals surface area contributed by atoms with Gasteiger partial charge in [0, 0.05) is 18.8 Å². The summed E-state index contributed by atoms with van der Waals surface area (Å²) in [7, 11) is 0. The molecule has 5 rings (SSSR count). The van der Waals surface area contributed by atoms with E-state index >= 15 is 0 Å². The molecule has 3 aromatic heterocycles. The quantitative estimate of drug-likeness (QED) is 0.483. The summed E-state index contributed by atoms with van der Waals surface area (Å²) >= 11 is 0. The van der Waals surface area contributed by atoms with Crippen LogP contribution in [0.4, 0.5) is 4.39 Å². The van der Waals surface area contributed by atoms with Gasteiger partial charge in [-0.2, -0.15) is 0 Å². The number of hydrogen-bond acceptors (Lipinski definition) is 6. The third-order valence-corrected chi connectivity index (χ3v) is 5.30. The molecule has 1 aromatic carbocycles. The normalized spacial score (nSPS) is 12.6. The van der Waals surface area contributed by atoms with Crippen molar-refractivity contribution in [2.24, 2.45) is 0 Å². The third-order valence-electron chi connectivity index (χ3n) is 5.30. The number of hydrogen-bond donors (Lipinski definition) is 0. The second-order valence-corrected chi connectivity index (χ2v) is 7.43. The molecule has 1 amide bonds. The molecule has 4 aromatic rings. The zero-order valence-corrected chi connectivity index (χ0v) is 17.3. The molecule has 0 radical (unpaired) electrons. The van der Waals surface area contributed by atoms with E-state index in [0.717, 1.165) is 17.0 Å². The Kier molecular flexibility index (Phi) is 5.06. The maximum atomic E-state index is 13.3. The standard InChI is InChI=1S/C23H19FN6O2/c1-15-21(30(28-27-15)18-8-6-17(24)7-9-18)14-32-22-10-5-16-12-29(13-20(16)26-22)23(31)19-4-2-3-11-25-19/h2-11H,12-14H2,1H3. The molecular formula is C23H19FN6O2. The fourth-order valence-electron chi connectivity index (χ4n) is 3.58. The van der Waals surface area contributed by atoms with Gasteiger partial charge in [0.05, 0.1) is 23.6 Å². The van der Waals surface area contributed by atoms with Crippen LogP contribution in [0.1, 0.15) is 33.1 Å². The van der Waals surface area contributed by atoms with Gasteiger partial charge in [-0.25, -0.2) is 14.1 Å². The van der Waals surface area contributed by atoms with Gasteiger partial charge in [-0.1, -0.05) is 11.3 Å². The van der Waals surface area contributed by atoms with Crippen LogP contribution in [0.25, 0.3) is 5.69 Å². The van der Waals surface area contributed by atoms with Gasteiger partial charge in [-0.05, 0) is 55.0 Å². The summed E-state index contributed by atoms with van der Waals surface area (Å²) in [6.07, 6.45) is 1.61. The highest BCUT2D eigenvalue weighted by Gasteiger charge is 2.26. The molecule has 0 saturated heterocycles. The molecule has 8 nitrogen and oxygen atoms in total. The number of aryl methyl sites for hydroxylation is 1. The van der Waals surface area contributed by atoms with Gasteiger partial charge < -0.3 is 9.64 Å². The summed E-state index contributed by atoms with van der Waals surface area (Å²) in [5.74, 6) is -0.000549. The van der Waals surface area contributed by atoms with Crippen molar-refractivity contribution in [1.29, 1.82) is 0 Å². The van der Waals surface area contributed by atoms with E-state index in [1.165, 1.54) is 12.1 Å². The molecule has 0 bridgehead atoms. The molecule has 0 saturated carbocycles. The molecule has 32 heavy (non-hydrogen) atoms. The van der Waals surface area contributed by atoms with Gasteiger partial charge >= 0.3 is 0 Å². The number of amides is 1. The van der Waals surface area contributed by atoms with E-state index < -0.39 is 0 Å². The molecule has 0 aliphatic carbocycles. The average molecular weight is 430 g/mol. The van der Waals surface area contributed by atoms with Gasteiger partial charge in [-0.3, -0.25) is 9.78 Å². The van der Waals surface area contributed by atoms with E-state index in [2.05, 4.69) is 20.3 Å². The van der Waals surface area contributed by atoms with Gasteiger partial charge in [0.25, 0.3) is 5.91 Å². The van der Waals surface area contributed by atoms with E-state index in [4.69, 9.17) is 4.74 Å². The Balaban J connectivity index is 1.30. The van der Waals surface area contributed by atoms with Crippen molar-refractivity contribution in [3.8, 4) is 11.6 Å². The number of nitrogens with zero attached hydrogens (tertiary/aromatic N) is 6. The Labute approximate surface area is 183 Å². The van der Waals surface area contributed by atoms with Crippen LogP contribution in [-0.2, 0) is 19.7 Å². The number of carbonyl (C=O) groups excluding carboxylic acids is 1. The molecule has 0 N–H and O–H groups in total. The molecule has 160 valence electrons. The first kappa shape index (κ1) is 19.8. The lowest BCUT2D eigenvalue weighted by Crippen LogP contribution is -2.26. The molecule has 1 aliphatic rings. The first-order chi connectivity index (χ1) is 15.6. The van der Waals surface area contributed by atoms with E-state index in [1.807, 2.05) is 13.0 Å². The van der Waals surface area contributed by atoms with Crippen molar-refractivity contribution in [3.05, 3.63) is 95.0 Å². The topological polar surface area (TPSA) is 86.0 Å². The predicted octanol–water partition coefficient (Wildman–Crippen LogP) is 3.24. The number of aromatic nitrogens is 5. The Bertz CT molecular complexity index is 1270. The zero-order chi connectivity index (χ0) is 22.1. The smallest absolute Gasteiger partial charge is 0.273 e. The Morgan fingerprint density at radius 2 is 1.94 bits per heavy atom. The summed E-state index contributed by atoms with van der Waals surface area (Å²) in [4.78, 5) is 23.1. The Hall–Kier alpha value is -4.14. The van der Waals surface area contributed by atoms with Gasteiger partial charge in [0.2, 0.25) is 5.88 Å². The van der Waals surface area contributed by atoms with E-state index in [9.17, 15) is 9.18 Å². The molecule has 0 fully saturated rings. The van der Waals surface area contributed by atoms with Crippen LogP contribution < -0.4 is 4.74 Å². The third kappa shape index (κ3) is 3.80. The number of ether oxygens (including phenoxy) is 1. The fourth-order valence-corrected chi connectivity index (χ4v) is 3.58. The summed E-state index contributed by atoms with van der Waals surface area (Å²) in [6.45, 7) is 2.91. The number of fused-ring (bicyclic) bond motifs is 1. The second kappa shape index (κ2) is 8.18. The van der Waals surface area contributed by atoms with E-state index in [0.29, 0.717) is 36.0 Å². The van der Waals surface area contributed by atoms with Crippen molar-refractivity contribution in [2.45, 2.75) is 26.6 Å². The highest BCUT2D eigenvalue weighted by Crippen LogP contribution is 2.25. The SMILES string of the molecule is Cc1nnn(-c2ccc(F)cc2)c1COc1ccc2c(n1)CN(C(=O)c1ccccn1)C2. The fraction of sp³-hybridized carbons (Fsp3) is 0.174. The van der Waals surface area contributed by atoms with Crippen molar-refractivity contribution >= 4 is 5.91 Å². The molecule has 9 heteroatoms. The van der Waals surface area contributed by atoms with Crippen LogP contribution in [0, 0.1) is 12.7 Å². The van der Waals surface area contributed by atoms with Gasteiger partial charge in [0.1, 0.15) is 23.8 Å². The van der Waals surface area contributed by atoms with Gasteiger partial charge in [-0.15, -0.1) is 5.10 Å². The van der Waals surface area contributed by atoms with E-state index in [-0.39, 0.29) is 18.3 Å². The first-order valence-corrected chi connectivity index (χ1v) is 10.1. The number of benzene rings is 1. The maximum Gasteiger partial charge on any atom is 0.273 e. The van der Waals surface area contributed by atoms with E-state index in [1.54, 1.807) is 52.2 Å². The highest BCUT2D eigenvalue weighted by molar-refractivity contribution is 5.92. The summed E-state index contributed by atoms with van der Waals surface area (Å²) in [6, 6.07) is 15.0. The first-order valence-electron chi connectivity index (χ1n) is 10.1. The highest BCUT2D eigenvalue weighted by atomic mass is 19.1. The molecule has 0 unspecified atom stereocenters. The number of rotatable bonds is 5. The lowest BCUT2D eigenvalue weighted by atomic mass is 10.2. The van der Waals surface area contributed by atoms with Crippen molar-refractivity contribution in [1.82, 2.24) is 29.9 Å². The largest absolute Gasteiger partial charge is 0.471 e. The molecule has 0 spiro atoms. The maximum absolute atomic E-state index is 13.3. The molecular weight excluding hydrogens is 411 g/mol. The summed E-state index contributed by atoms with van der Waals surface area (Å²) < 4.78 is 20.8. The van der Waals surface area contributed by atoms with Crippen LogP contribution in [0.5, 0.6) is 5.88 Å². The molecule has 1 aliphatic heterocycles. The van der Waals surface area contributed by atoms with Gasteiger partial charge in [0.15, 0.2) is 0 Å². The molecule has 4 heterocycles. The minimum absolute atomic E-state index is 0.129. The van der Waals surface area contributed by atoms with Crippen molar-refractivity contribution in [3.63, 3.8) is 0 Å².